The van der Waals surface area contributed by atoms with E-state index in [1.54, 1.807) is 11.3 Å². The number of rotatable bonds is 5. The maximum absolute atomic E-state index is 4.91. The number of aliphatic imine (C=N–C) groups is 1. The standard InChI is InChI=1S/C22H28N6S.HI/c1-3-24-22(27-11-9-17(2)20(14-27)28-12-10-23-16-28)25-13-19-15-29-21(26-19)18-7-5-4-6-8-18;/h4-8,10,12,15-17,20H,3,9,11,13-14H2,1-2H3,(H,24,25);1H. The molecule has 160 valence electrons. The fourth-order valence-electron chi connectivity index (χ4n) is 3.77. The van der Waals surface area contributed by atoms with E-state index < -0.39 is 0 Å². The molecule has 0 spiro atoms. The Labute approximate surface area is 199 Å². The van der Waals surface area contributed by atoms with Crippen molar-refractivity contribution < 1.29 is 0 Å². The molecular weight excluding hydrogens is 507 g/mol. The van der Waals surface area contributed by atoms with Gasteiger partial charge in [-0.2, -0.15) is 0 Å². The van der Waals surface area contributed by atoms with E-state index in [0.717, 1.165) is 48.3 Å². The van der Waals surface area contributed by atoms with E-state index in [9.17, 15) is 0 Å². The van der Waals surface area contributed by atoms with Gasteiger partial charge in [0, 0.05) is 43.0 Å². The van der Waals surface area contributed by atoms with Crippen LogP contribution in [0.2, 0.25) is 0 Å². The molecule has 3 heterocycles. The Morgan fingerprint density at radius 3 is 2.87 bits per heavy atom. The van der Waals surface area contributed by atoms with Crippen LogP contribution in [0.5, 0.6) is 0 Å². The number of nitrogens with zero attached hydrogens (tertiary/aromatic N) is 5. The van der Waals surface area contributed by atoms with Gasteiger partial charge in [-0.25, -0.2) is 15.0 Å². The number of likely N-dealkylation sites (tertiary alicyclic amines) is 1. The number of halogens is 1. The van der Waals surface area contributed by atoms with Gasteiger partial charge in [0.1, 0.15) is 5.01 Å². The largest absolute Gasteiger partial charge is 0.357 e. The van der Waals surface area contributed by atoms with Crippen LogP contribution < -0.4 is 5.32 Å². The molecule has 0 bridgehead atoms. The van der Waals surface area contributed by atoms with Gasteiger partial charge < -0.3 is 14.8 Å². The zero-order valence-electron chi connectivity index (χ0n) is 17.4. The second-order valence-electron chi connectivity index (χ2n) is 7.47. The maximum Gasteiger partial charge on any atom is 0.194 e. The van der Waals surface area contributed by atoms with E-state index >= 15 is 0 Å². The minimum absolute atomic E-state index is 0. The van der Waals surface area contributed by atoms with Crippen molar-refractivity contribution in [3.05, 3.63) is 60.1 Å². The molecule has 0 amide bonds. The fourth-order valence-corrected chi connectivity index (χ4v) is 4.59. The zero-order valence-corrected chi connectivity index (χ0v) is 20.6. The van der Waals surface area contributed by atoms with Gasteiger partial charge >= 0.3 is 0 Å². The zero-order chi connectivity index (χ0) is 20.1. The van der Waals surface area contributed by atoms with Crippen LogP contribution in [0.1, 0.15) is 32.0 Å². The van der Waals surface area contributed by atoms with E-state index in [-0.39, 0.29) is 24.0 Å². The van der Waals surface area contributed by atoms with Crippen LogP contribution in [0.25, 0.3) is 10.6 Å². The van der Waals surface area contributed by atoms with Crippen LogP contribution in [0, 0.1) is 5.92 Å². The SMILES string of the molecule is CCNC(=NCc1csc(-c2ccccc2)n1)N1CCC(C)C(n2ccnc2)C1.I. The molecule has 4 rings (SSSR count). The summed E-state index contributed by atoms with van der Waals surface area (Å²) in [6.45, 7) is 7.85. The van der Waals surface area contributed by atoms with Crippen LogP contribution in [0.15, 0.2) is 59.4 Å². The average molecular weight is 536 g/mol. The number of benzene rings is 1. The Hall–Kier alpha value is -1.94. The molecule has 30 heavy (non-hydrogen) atoms. The van der Waals surface area contributed by atoms with E-state index in [1.165, 1.54) is 0 Å². The summed E-state index contributed by atoms with van der Waals surface area (Å²) in [6, 6.07) is 10.7. The molecule has 1 aromatic carbocycles. The first-order valence-electron chi connectivity index (χ1n) is 10.2. The molecule has 0 radical (unpaired) electrons. The fraction of sp³-hybridized carbons (Fsp3) is 0.409. The third-order valence-corrected chi connectivity index (χ3v) is 6.36. The van der Waals surface area contributed by atoms with Crippen molar-refractivity contribution in [1.29, 1.82) is 0 Å². The Kier molecular flexibility index (Phi) is 8.26. The molecule has 1 aliphatic rings. The lowest BCUT2D eigenvalue weighted by molar-refractivity contribution is 0.189. The first kappa shape index (κ1) is 22.7. The van der Waals surface area contributed by atoms with E-state index in [2.05, 4.69) is 57.3 Å². The molecule has 8 heteroatoms. The van der Waals surface area contributed by atoms with Crippen molar-refractivity contribution in [2.75, 3.05) is 19.6 Å². The Balaban J connectivity index is 0.00000256. The molecule has 1 fully saturated rings. The number of thiazole rings is 1. The lowest BCUT2D eigenvalue weighted by atomic mass is 9.93. The number of hydrogen-bond acceptors (Lipinski definition) is 4. The van der Waals surface area contributed by atoms with Gasteiger partial charge in [0.25, 0.3) is 0 Å². The first-order chi connectivity index (χ1) is 14.2. The van der Waals surface area contributed by atoms with Crippen molar-refractivity contribution in [2.45, 2.75) is 32.9 Å². The highest BCUT2D eigenvalue weighted by Crippen LogP contribution is 2.28. The molecule has 2 unspecified atom stereocenters. The summed E-state index contributed by atoms with van der Waals surface area (Å²) in [4.78, 5) is 16.3. The van der Waals surface area contributed by atoms with Crippen molar-refractivity contribution in [3.8, 4) is 10.6 Å². The molecule has 0 saturated carbocycles. The summed E-state index contributed by atoms with van der Waals surface area (Å²) in [5, 5.41) is 6.63. The number of imidazole rings is 1. The highest BCUT2D eigenvalue weighted by Gasteiger charge is 2.28. The van der Waals surface area contributed by atoms with E-state index in [4.69, 9.17) is 9.98 Å². The van der Waals surface area contributed by atoms with Gasteiger partial charge in [0.05, 0.1) is 24.6 Å². The lowest BCUT2D eigenvalue weighted by Crippen LogP contribution is -2.49. The molecule has 2 atom stereocenters. The third-order valence-electron chi connectivity index (χ3n) is 5.42. The van der Waals surface area contributed by atoms with Crippen LogP contribution in [-0.2, 0) is 6.54 Å². The summed E-state index contributed by atoms with van der Waals surface area (Å²) in [5.74, 6) is 1.59. The number of hydrogen-bond donors (Lipinski definition) is 1. The second kappa shape index (κ2) is 10.9. The van der Waals surface area contributed by atoms with Gasteiger partial charge in [-0.15, -0.1) is 35.3 Å². The average Bonchev–Trinajstić information content (AvgIpc) is 3.45. The molecule has 3 aromatic rings. The van der Waals surface area contributed by atoms with Gasteiger partial charge in [0.2, 0.25) is 0 Å². The molecule has 6 nitrogen and oxygen atoms in total. The van der Waals surface area contributed by atoms with Crippen LogP contribution >= 0.6 is 35.3 Å². The molecule has 2 aromatic heterocycles. The minimum atomic E-state index is 0. The summed E-state index contributed by atoms with van der Waals surface area (Å²) < 4.78 is 2.23. The molecule has 0 aliphatic carbocycles. The van der Waals surface area contributed by atoms with Gasteiger partial charge in [-0.1, -0.05) is 37.3 Å². The first-order valence-corrected chi connectivity index (χ1v) is 11.1. The Morgan fingerprint density at radius 2 is 2.13 bits per heavy atom. The topological polar surface area (TPSA) is 58.3 Å². The predicted molar refractivity (Wildman–Crippen MR) is 134 cm³/mol. The maximum atomic E-state index is 4.91. The summed E-state index contributed by atoms with van der Waals surface area (Å²) in [6.07, 6.45) is 6.99. The van der Waals surface area contributed by atoms with E-state index in [1.807, 2.05) is 30.7 Å². The number of guanidine groups is 1. The predicted octanol–water partition coefficient (Wildman–Crippen LogP) is 4.67. The summed E-state index contributed by atoms with van der Waals surface area (Å²) in [5.41, 5.74) is 2.17. The van der Waals surface area contributed by atoms with Crippen molar-refractivity contribution in [2.24, 2.45) is 10.9 Å². The summed E-state index contributed by atoms with van der Waals surface area (Å²) >= 11 is 1.68. The molecular formula is C22H29IN6S. The highest BCUT2D eigenvalue weighted by atomic mass is 127. The lowest BCUT2D eigenvalue weighted by Gasteiger charge is -2.39. The monoisotopic (exact) mass is 536 g/mol. The summed E-state index contributed by atoms with van der Waals surface area (Å²) in [7, 11) is 0. The minimum Gasteiger partial charge on any atom is -0.357 e. The number of aromatic nitrogens is 3. The van der Waals surface area contributed by atoms with Crippen LogP contribution in [-0.4, -0.2) is 45.0 Å². The Morgan fingerprint density at radius 1 is 1.30 bits per heavy atom. The highest BCUT2D eigenvalue weighted by molar-refractivity contribution is 14.0. The Bertz CT molecular complexity index is 924. The van der Waals surface area contributed by atoms with Crippen LogP contribution in [0.3, 0.4) is 0 Å². The molecule has 1 saturated heterocycles. The number of nitrogens with one attached hydrogen (secondary N) is 1. The molecule has 1 N–H and O–H groups in total. The second-order valence-corrected chi connectivity index (χ2v) is 8.33. The van der Waals surface area contributed by atoms with Crippen molar-refractivity contribution >= 4 is 41.3 Å². The third kappa shape index (κ3) is 5.40. The van der Waals surface area contributed by atoms with Gasteiger partial charge in [-0.3, -0.25) is 0 Å². The van der Waals surface area contributed by atoms with Gasteiger partial charge in [0.15, 0.2) is 5.96 Å². The normalized spacial score (nSPS) is 19.4. The van der Waals surface area contributed by atoms with Crippen molar-refractivity contribution in [1.82, 2.24) is 24.8 Å². The molecule has 1 aliphatic heterocycles. The number of piperidine rings is 1. The van der Waals surface area contributed by atoms with Gasteiger partial charge in [-0.05, 0) is 19.3 Å². The van der Waals surface area contributed by atoms with Crippen LogP contribution in [0.4, 0.5) is 0 Å². The quantitative estimate of drug-likeness (QED) is 0.293. The smallest absolute Gasteiger partial charge is 0.194 e. The van der Waals surface area contributed by atoms with Crippen molar-refractivity contribution in [3.63, 3.8) is 0 Å². The van der Waals surface area contributed by atoms with E-state index in [0.29, 0.717) is 18.5 Å².